The highest BCUT2D eigenvalue weighted by molar-refractivity contribution is 5.89. The monoisotopic (exact) mass is 153 g/mol. The summed E-state index contributed by atoms with van der Waals surface area (Å²) < 4.78 is 0. The normalized spacial score (nSPS) is 10.0. The third-order valence-electron chi connectivity index (χ3n) is 1.96. The third kappa shape index (κ3) is 1.02. The second kappa shape index (κ2) is 2.82. The minimum absolute atomic E-state index is 1.08. The molecule has 12 heavy (non-hydrogen) atoms. The van der Waals surface area contributed by atoms with Crippen LogP contribution in [0.5, 0.6) is 0 Å². The van der Waals surface area contributed by atoms with Gasteiger partial charge in [-0.25, -0.2) is 0 Å². The van der Waals surface area contributed by atoms with E-state index in [2.05, 4.69) is 30.8 Å². The van der Waals surface area contributed by atoms with Gasteiger partial charge >= 0.3 is 0 Å². The maximum Gasteiger partial charge on any atom is -0.00990 e. The highest BCUT2D eigenvalue weighted by atomic mass is 14.0. The Balaban J connectivity index is 2.88. The Labute approximate surface area is 72.2 Å². The Morgan fingerprint density at radius 3 is 2.83 bits per heavy atom. The molecule has 0 unspecified atom stereocenters. The van der Waals surface area contributed by atoms with Crippen molar-refractivity contribution in [3.63, 3.8) is 0 Å². The first-order valence-corrected chi connectivity index (χ1v) is 3.93. The molecule has 0 heteroatoms. The van der Waals surface area contributed by atoms with Crippen molar-refractivity contribution in [3.8, 4) is 0 Å². The van der Waals surface area contributed by atoms with E-state index in [1.165, 1.54) is 10.8 Å². The zero-order valence-corrected chi connectivity index (χ0v) is 6.75. The fourth-order valence-electron chi connectivity index (χ4n) is 1.36. The third-order valence-corrected chi connectivity index (χ3v) is 1.96. The molecule has 0 amide bonds. The predicted octanol–water partition coefficient (Wildman–Crippen LogP) is 3.28. The summed E-state index contributed by atoms with van der Waals surface area (Å²) in [6.45, 7) is 3.75. The van der Waals surface area contributed by atoms with E-state index in [1.807, 2.05) is 24.3 Å². The summed E-state index contributed by atoms with van der Waals surface area (Å²) in [4.78, 5) is 0. The molecular formula is C12H9. The molecule has 0 atom stereocenters. The molecule has 0 fully saturated rings. The number of rotatable bonds is 1. The maximum absolute atomic E-state index is 3.75. The van der Waals surface area contributed by atoms with E-state index in [4.69, 9.17) is 0 Å². The van der Waals surface area contributed by atoms with Crippen LogP contribution in [0.1, 0.15) is 5.56 Å². The van der Waals surface area contributed by atoms with Gasteiger partial charge in [-0.05, 0) is 22.4 Å². The highest BCUT2D eigenvalue weighted by Gasteiger charge is 1.94. The summed E-state index contributed by atoms with van der Waals surface area (Å²) in [5.41, 5.74) is 1.08. The van der Waals surface area contributed by atoms with Gasteiger partial charge in [-0.15, -0.1) is 0 Å². The van der Waals surface area contributed by atoms with Gasteiger partial charge in [0.05, 0.1) is 0 Å². The lowest BCUT2D eigenvalue weighted by Gasteiger charge is -1.99. The van der Waals surface area contributed by atoms with Gasteiger partial charge in [0.1, 0.15) is 0 Å². The van der Waals surface area contributed by atoms with Gasteiger partial charge in [-0.2, -0.15) is 0 Å². The summed E-state index contributed by atoms with van der Waals surface area (Å²) in [6, 6.07) is 15.4. The van der Waals surface area contributed by atoms with Crippen molar-refractivity contribution < 1.29 is 0 Å². The van der Waals surface area contributed by atoms with E-state index in [0.29, 0.717) is 0 Å². The van der Waals surface area contributed by atoms with Crippen LogP contribution in [0.25, 0.3) is 16.8 Å². The van der Waals surface area contributed by atoms with Gasteiger partial charge in [0.25, 0.3) is 0 Å². The highest BCUT2D eigenvalue weighted by Crippen LogP contribution is 2.18. The predicted molar refractivity (Wildman–Crippen MR) is 52.9 cm³/mol. The summed E-state index contributed by atoms with van der Waals surface area (Å²) in [5.74, 6) is 0. The average molecular weight is 153 g/mol. The van der Waals surface area contributed by atoms with E-state index in [0.717, 1.165) is 5.56 Å². The molecule has 0 N–H and O–H groups in total. The van der Waals surface area contributed by atoms with Crippen molar-refractivity contribution in [2.45, 2.75) is 0 Å². The summed E-state index contributed by atoms with van der Waals surface area (Å²) >= 11 is 0. The standard InChI is InChI=1S/C12H9/c1-2-10-7-5-8-11-6-3-4-9-12(10)11/h2-6,8-9H,1H2. The molecule has 0 spiro atoms. The van der Waals surface area contributed by atoms with Crippen molar-refractivity contribution in [1.29, 1.82) is 0 Å². The maximum atomic E-state index is 3.75. The van der Waals surface area contributed by atoms with E-state index < -0.39 is 0 Å². The van der Waals surface area contributed by atoms with Crippen LogP contribution in [-0.2, 0) is 0 Å². The molecule has 2 rings (SSSR count). The second-order valence-electron chi connectivity index (χ2n) is 2.68. The molecule has 0 aliphatic rings. The minimum Gasteiger partial charge on any atom is -0.0984 e. The Morgan fingerprint density at radius 1 is 1.17 bits per heavy atom. The fourth-order valence-corrected chi connectivity index (χ4v) is 1.36. The van der Waals surface area contributed by atoms with Crippen LogP contribution in [0.4, 0.5) is 0 Å². The Hall–Kier alpha value is -1.56. The van der Waals surface area contributed by atoms with Crippen LogP contribution in [0.2, 0.25) is 0 Å². The summed E-state index contributed by atoms with van der Waals surface area (Å²) in [7, 11) is 0. The molecule has 0 bridgehead atoms. The molecule has 2 aromatic rings. The fraction of sp³-hybridized carbons (Fsp3) is 0. The molecule has 2 aromatic carbocycles. The zero-order chi connectivity index (χ0) is 8.39. The van der Waals surface area contributed by atoms with Gasteiger partial charge in [-0.3, -0.25) is 0 Å². The molecule has 1 radical (unpaired) electrons. The number of benzene rings is 2. The number of fused-ring (bicyclic) bond motifs is 1. The number of hydrogen-bond donors (Lipinski definition) is 0. The zero-order valence-electron chi connectivity index (χ0n) is 6.75. The molecule has 0 heterocycles. The lowest BCUT2D eigenvalue weighted by molar-refractivity contribution is 1.70. The van der Waals surface area contributed by atoms with Crippen molar-refractivity contribution in [3.05, 3.63) is 54.6 Å². The van der Waals surface area contributed by atoms with E-state index in [-0.39, 0.29) is 0 Å². The van der Waals surface area contributed by atoms with Crippen molar-refractivity contribution in [2.24, 2.45) is 0 Å². The molecule has 0 nitrogen and oxygen atoms in total. The summed E-state index contributed by atoms with van der Waals surface area (Å²) in [5, 5.41) is 2.46. The average Bonchev–Trinajstić information content (AvgIpc) is 2.17. The van der Waals surface area contributed by atoms with E-state index >= 15 is 0 Å². The van der Waals surface area contributed by atoms with Crippen molar-refractivity contribution in [2.75, 3.05) is 0 Å². The number of hydrogen-bond acceptors (Lipinski definition) is 0. The van der Waals surface area contributed by atoms with Crippen molar-refractivity contribution >= 4 is 16.8 Å². The molecular weight excluding hydrogens is 144 g/mol. The first kappa shape index (κ1) is 7.11. The van der Waals surface area contributed by atoms with E-state index in [1.54, 1.807) is 0 Å². The molecule has 57 valence electrons. The molecule has 0 aliphatic heterocycles. The Kier molecular flexibility index (Phi) is 1.67. The van der Waals surface area contributed by atoms with Crippen LogP contribution < -0.4 is 0 Å². The first-order chi connectivity index (χ1) is 5.92. The first-order valence-electron chi connectivity index (χ1n) is 3.93. The molecule has 0 saturated heterocycles. The van der Waals surface area contributed by atoms with Gasteiger partial charge in [0.15, 0.2) is 0 Å². The molecule has 0 aromatic heterocycles. The molecule has 0 saturated carbocycles. The topological polar surface area (TPSA) is 0 Å². The molecule has 0 aliphatic carbocycles. The van der Waals surface area contributed by atoms with Crippen LogP contribution in [0, 0.1) is 6.07 Å². The quantitative estimate of drug-likeness (QED) is 0.589. The smallest absolute Gasteiger partial charge is 0.00990 e. The van der Waals surface area contributed by atoms with Crippen molar-refractivity contribution in [1.82, 2.24) is 0 Å². The van der Waals surface area contributed by atoms with E-state index in [9.17, 15) is 0 Å². The lowest BCUT2D eigenvalue weighted by Crippen LogP contribution is -1.76. The lowest BCUT2D eigenvalue weighted by atomic mass is 10.1. The van der Waals surface area contributed by atoms with Crippen LogP contribution in [0.15, 0.2) is 43.0 Å². The van der Waals surface area contributed by atoms with Gasteiger partial charge in [-0.1, -0.05) is 49.1 Å². The van der Waals surface area contributed by atoms with Gasteiger partial charge in [0.2, 0.25) is 0 Å². The Morgan fingerprint density at radius 2 is 2.00 bits per heavy atom. The van der Waals surface area contributed by atoms with Crippen LogP contribution in [-0.4, -0.2) is 0 Å². The van der Waals surface area contributed by atoms with Crippen LogP contribution >= 0.6 is 0 Å². The Bertz CT molecular complexity index is 408. The SMILES string of the molecule is C=Cc1[c]ccc2ccccc12. The summed E-state index contributed by atoms with van der Waals surface area (Å²) in [6.07, 6.45) is 1.84. The van der Waals surface area contributed by atoms with Gasteiger partial charge in [0, 0.05) is 0 Å². The largest absolute Gasteiger partial charge is 0.0984 e. The minimum atomic E-state index is 1.08. The van der Waals surface area contributed by atoms with Gasteiger partial charge < -0.3 is 0 Å². The second-order valence-corrected chi connectivity index (χ2v) is 2.68. The van der Waals surface area contributed by atoms with Crippen LogP contribution in [0.3, 0.4) is 0 Å².